The Morgan fingerprint density at radius 3 is 2.30 bits per heavy atom. The first kappa shape index (κ1) is 18.6. The molecular weight excluding hydrogens is 286 g/mol. The molecule has 0 amide bonds. The van der Waals surface area contributed by atoms with Crippen LogP contribution in [-0.4, -0.2) is 49.7 Å². The van der Waals surface area contributed by atoms with Crippen molar-refractivity contribution in [2.45, 2.75) is 72.3 Å². The van der Waals surface area contributed by atoms with Gasteiger partial charge in [-0.2, -0.15) is 0 Å². The number of guanidine groups is 1. The van der Waals surface area contributed by atoms with Gasteiger partial charge in [-0.25, -0.2) is 0 Å². The van der Waals surface area contributed by atoms with E-state index in [1.54, 1.807) is 0 Å². The lowest BCUT2D eigenvalue weighted by Crippen LogP contribution is -2.72. The highest BCUT2D eigenvalue weighted by molar-refractivity contribution is 5.82. The van der Waals surface area contributed by atoms with Crippen molar-refractivity contribution in [1.29, 1.82) is 0 Å². The van der Waals surface area contributed by atoms with Gasteiger partial charge < -0.3 is 15.0 Å². The minimum atomic E-state index is 0.156. The second kappa shape index (κ2) is 7.00. The molecule has 1 N–H and O–H groups in total. The lowest BCUT2D eigenvalue weighted by atomic mass is 9.65. The molecular formula is C19H37N3O. The summed E-state index contributed by atoms with van der Waals surface area (Å²) in [5.74, 6) is 1.07. The van der Waals surface area contributed by atoms with Crippen LogP contribution in [0.4, 0.5) is 0 Å². The van der Waals surface area contributed by atoms with Gasteiger partial charge in [-0.1, -0.05) is 26.7 Å². The van der Waals surface area contributed by atoms with Crippen LogP contribution in [0.3, 0.4) is 0 Å². The van der Waals surface area contributed by atoms with E-state index in [4.69, 9.17) is 4.74 Å². The first-order valence-corrected chi connectivity index (χ1v) is 9.34. The number of ether oxygens (including phenoxy) is 1. The molecule has 2 rings (SSSR count). The van der Waals surface area contributed by atoms with Gasteiger partial charge in [-0.05, 0) is 45.4 Å². The summed E-state index contributed by atoms with van der Waals surface area (Å²) in [5, 5.41) is 3.69. The van der Waals surface area contributed by atoms with Gasteiger partial charge in [-0.3, -0.25) is 4.99 Å². The summed E-state index contributed by atoms with van der Waals surface area (Å²) in [4.78, 5) is 6.99. The van der Waals surface area contributed by atoms with Crippen LogP contribution >= 0.6 is 0 Å². The highest BCUT2D eigenvalue weighted by atomic mass is 16.5. The third-order valence-electron chi connectivity index (χ3n) is 6.62. The number of likely N-dealkylation sites (tertiary alicyclic amines) is 1. The van der Waals surface area contributed by atoms with Crippen molar-refractivity contribution in [2.75, 3.05) is 33.4 Å². The standard InChI is InChI=1S/C19H37N3O/c1-7-23-13-12-19(10-8-9-11-19)14-21-16(20-6)22-15-17(2,3)18(22,4)5/h7-15H2,1-6H3,(H,20,21). The lowest BCUT2D eigenvalue weighted by molar-refractivity contribution is -0.0671. The van der Waals surface area contributed by atoms with Crippen LogP contribution in [-0.2, 0) is 4.74 Å². The van der Waals surface area contributed by atoms with Crippen molar-refractivity contribution >= 4 is 5.96 Å². The third kappa shape index (κ3) is 3.67. The zero-order valence-corrected chi connectivity index (χ0v) is 16.2. The van der Waals surface area contributed by atoms with Crippen molar-refractivity contribution in [3.63, 3.8) is 0 Å². The summed E-state index contributed by atoms with van der Waals surface area (Å²) >= 11 is 0. The molecule has 0 atom stereocenters. The number of rotatable bonds is 6. The van der Waals surface area contributed by atoms with Crippen LogP contribution in [0.25, 0.3) is 0 Å². The summed E-state index contributed by atoms with van der Waals surface area (Å²) in [5.41, 5.74) is 0.892. The molecule has 1 aliphatic heterocycles. The Morgan fingerprint density at radius 2 is 1.83 bits per heavy atom. The number of aliphatic imine (C=N–C) groups is 1. The fraction of sp³-hybridized carbons (Fsp3) is 0.947. The minimum Gasteiger partial charge on any atom is -0.382 e. The van der Waals surface area contributed by atoms with Crippen molar-refractivity contribution in [2.24, 2.45) is 15.8 Å². The van der Waals surface area contributed by atoms with Crippen molar-refractivity contribution in [3.8, 4) is 0 Å². The summed E-state index contributed by atoms with van der Waals surface area (Å²) < 4.78 is 5.63. The first-order valence-electron chi connectivity index (χ1n) is 9.34. The molecule has 1 aliphatic carbocycles. The summed E-state index contributed by atoms with van der Waals surface area (Å²) in [6, 6.07) is 0. The van der Waals surface area contributed by atoms with Gasteiger partial charge in [0.15, 0.2) is 5.96 Å². The molecule has 0 aromatic rings. The molecule has 1 heterocycles. The number of nitrogens with zero attached hydrogens (tertiary/aromatic N) is 2. The first-order chi connectivity index (χ1) is 10.8. The summed E-state index contributed by atoms with van der Waals surface area (Å²) in [7, 11) is 1.91. The van der Waals surface area contributed by atoms with E-state index in [-0.39, 0.29) is 5.54 Å². The molecule has 1 saturated heterocycles. The van der Waals surface area contributed by atoms with E-state index in [0.717, 1.165) is 32.3 Å². The number of nitrogens with one attached hydrogen (secondary N) is 1. The van der Waals surface area contributed by atoms with Gasteiger partial charge in [-0.15, -0.1) is 0 Å². The molecule has 4 nitrogen and oxygen atoms in total. The second-order valence-electron chi connectivity index (χ2n) is 8.58. The van der Waals surface area contributed by atoms with Gasteiger partial charge >= 0.3 is 0 Å². The highest BCUT2D eigenvalue weighted by Gasteiger charge is 2.53. The molecule has 0 radical (unpaired) electrons. The lowest BCUT2D eigenvalue weighted by Gasteiger charge is -2.62. The second-order valence-corrected chi connectivity index (χ2v) is 8.58. The molecule has 0 bridgehead atoms. The van der Waals surface area contributed by atoms with E-state index in [0.29, 0.717) is 10.8 Å². The highest BCUT2D eigenvalue weighted by Crippen LogP contribution is 2.46. The van der Waals surface area contributed by atoms with Crippen LogP contribution in [0.2, 0.25) is 0 Å². The predicted octanol–water partition coefficient (Wildman–Crippen LogP) is 3.67. The van der Waals surface area contributed by atoms with Gasteiger partial charge in [0.1, 0.15) is 0 Å². The Kier molecular flexibility index (Phi) is 5.65. The monoisotopic (exact) mass is 323 g/mol. The molecule has 4 heteroatoms. The largest absolute Gasteiger partial charge is 0.382 e. The van der Waals surface area contributed by atoms with Crippen molar-refractivity contribution in [1.82, 2.24) is 10.2 Å². The normalized spacial score (nSPS) is 25.3. The molecule has 0 unspecified atom stereocenters. The topological polar surface area (TPSA) is 36.9 Å². The smallest absolute Gasteiger partial charge is 0.194 e. The van der Waals surface area contributed by atoms with Crippen LogP contribution < -0.4 is 5.32 Å². The predicted molar refractivity (Wildman–Crippen MR) is 97.9 cm³/mol. The van der Waals surface area contributed by atoms with E-state index in [2.05, 4.69) is 49.8 Å². The molecule has 0 spiro atoms. The zero-order valence-electron chi connectivity index (χ0n) is 16.2. The van der Waals surface area contributed by atoms with E-state index in [1.165, 1.54) is 32.1 Å². The third-order valence-corrected chi connectivity index (χ3v) is 6.62. The molecule has 0 aromatic heterocycles. The molecule has 0 aromatic carbocycles. The van der Waals surface area contributed by atoms with E-state index in [9.17, 15) is 0 Å². The van der Waals surface area contributed by atoms with E-state index >= 15 is 0 Å². The summed E-state index contributed by atoms with van der Waals surface area (Å²) in [6.07, 6.45) is 6.51. The Bertz CT molecular complexity index is 422. The van der Waals surface area contributed by atoms with Crippen molar-refractivity contribution < 1.29 is 4.74 Å². The van der Waals surface area contributed by atoms with E-state index < -0.39 is 0 Å². The fourth-order valence-electron chi connectivity index (χ4n) is 4.04. The van der Waals surface area contributed by atoms with Crippen LogP contribution in [0.5, 0.6) is 0 Å². The van der Waals surface area contributed by atoms with Gasteiger partial charge in [0.05, 0.1) is 0 Å². The molecule has 2 aliphatic rings. The van der Waals surface area contributed by atoms with Crippen LogP contribution in [0.1, 0.15) is 66.7 Å². The van der Waals surface area contributed by atoms with Crippen LogP contribution in [0.15, 0.2) is 4.99 Å². The maximum absolute atomic E-state index is 5.63. The maximum atomic E-state index is 5.63. The Labute approximate surface area is 143 Å². The summed E-state index contributed by atoms with van der Waals surface area (Å²) in [6.45, 7) is 15.2. The Morgan fingerprint density at radius 1 is 1.17 bits per heavy atom. The fourth-order valence-corrected chi connectivity index (χ4v) is 4.04. The molecule has 23 heavy (non-hydrogen) atoms. The SMILES string of the molecule is CCOCCC1(CNC(=NC)N2CC(C)(C)C2(C)C)CCCC1. The molecule has 1 saturated carbocycles. The van der Waals surface area contributed by atoms with Crippen molar-refractivity contribution in [3.05, 3.63) is 0 Å². The number of hydrogen-bond acceptors (Lipinski definition) is 2. The quantitative estimate of drug-likeness (QED) is 0.460. The van der Waals surface area contributed by atoms with Gasteiger partial charge in [0.25, 0.3) is 0 Å². The minimum absolute atomic E-state index is 0.156. The van der Waals surface area contributed by atoms with Crippen LogP contribution in [0, 0.1) is 10.8 Å². The van der Waals surface area contributed by atoms with E-state index in [1.807, 2.05) is 7.05 Å². The van der Waals surface area contributed by atoms with Gasteiger partial charge in [0, 0.05) is 44.3 Å². The zero-order chi connectivity index (χ0) is 17.1. The van der Waals surface area contributed by atoms with Gasteiger partial charge in [0.2, 0.25) is 0 Å². The number of hydrogen-bond donors (Lipinski definition) is 1. The Hall–Kier alpha value is -0.770. The maximum Gasteiger partial charge on any atom is 0.194 e. The molecule has 134 valence electrons. The average Bonchev–Trinajstić information content (AvgIpc) is 2.96. The average molecular weight is 324 g/mol. The molecule has 2 fully saturated rings. The Balaban J connectivity index is 1.94.